The monoisotopic (exact) mass is 377 g/mol. The molecule has 1 saturated carbocycles. The summed E-state index contributed by atoms with van der Waals surface area (Å²) in [6.45, 7) is 2.12. The van der Waals surface area contributed by atoms with Crippen molar-refractivity contribution in [3.05, 3.63) is 34.2 Å². The van der Waals surface area contributed by atoms with E-state index in [1.54, 1.807) is 0 Å². The maximum Gasteiger partial charge on any atom is 0.272 e. The number of rotatable bonds is 4. The lowest BCUT2D eigenvalue weighted by Gasteiger charge is -2.31. The third-order valence-electron chi connectivity index (χ3n) is 4.79. The van der Waals surface area contributed by atoms with E-state index in [0.29, 0.717) is 6.04 Å². The zero-order chi connectivity index (χ0) is 16.4. The van der Waals surface area contributed by atoms with Crippen molar-refractivity contribution in [1.29, 1.82) is 0 Å². The molecular weight excluding hydrogens is 354 g/mol. The maximum absolute atomic E-state index is 13.2. The third kappa shape index (κ3) is 3.30. The average Bonchev–Trinajstić information content (AvgIpc) is 2.92. The molecule has 2 aromatic heterocycles. The van der Waals surface area contributed by atoms with Gasteiger partial charge in [-0.15, -0.1) is 0 Å². The van der Waals surface area contributed by atoms with E-state index in [2.05, 4.69) is 27.8 Å². The minimum atomic E-state index is 0.103. The fourth-order valence-corrected chi connectivity index (χ4v) is 3.84. The molecule has 4 nitrogen and oxygen atoms in total. The van der Waals surface area contributed by atoms with Crippen LogP contribution in [0.25, 0.3) is 5.65 Å². The Hall–Kier alpha value is -1.36. The van der Waals surface area contributed by atoms with Gasteiger partial charge in [0.2, 0.25) is 0 Å². The highest BCUT2D eigenvalue weighted by molar-refractivity contribution is 9.10. The predicted octanol–water partition coefficient (Wildman–Crippen LogP) is 4.45. The molecule has 0 atom stereocenters. The number of nitrogens with zero attached hydrogens (tertiary/aromatic N) is 3. The van der Waals surface area contributed by atoms with Crippen molar-refractivity contribution >= 4 is 27.5 Å². The molecule has 0 saturated heterocycles. The summed E-state index contributed by atoms with van der Waals surface area (Å²) in [6.07, 6.45) is 9.74. The number of hydrogen-bond acceptors (Lipinski definition) is 2. The molecule has 2 heterocycles. The van der Waals surface area contributed by atoms with Gasteiger partial charge in [0.05, 0.1) is 5.69 Å². The summed E-state index contributed by atoms with van der Waals surface area (Å²) in [5.41, 5.74) is 2.49. The Bertz CT molecular complexity index is 704. The lowest BCUT2D eigenvalue weighted by atomic mass is 9.94. The lowest BCUT2D eigenvalue weighted by molar-refractivity contribution is 0.0688. The molecule has 1 amide bonds. The van der Waals surface area contributed by atoms with Crippen LogP contribution in [0.3, 0.4) is 0 Å². The average molecular weight is 378 g/mol. The first-order chi connectivity index (χ1) is 11.1. The Morgan fingerprint density at radius 2 is 2.09 bits per heavy atom. The number of halogens is 1. The molecule has 1 fully saturated rings. The highest BCUT2D eigenvalue weighted by Crippen LogP contribution is 2.25. The standard InChI is InChI=1S/C18H24BrN3O/c1-3-7-15-17(22-12-13(19)10-11-16(22)20-15)18(23)21(2)14-8-5-4-6-9-14/h10-12,14H,3-9H2,1-2H3. The van der Waals surface area contributed by atoms with E-state index in [4.69, 9.17) is 0 Å². The molecule has 23 heavy (non-hydrogen) atoms. The number of aryl methyl sites for hydroxylation is 1. The van der Waals surface area contributed by atoms with E-state index in [0.717, 1.165) is 47.2 Å². The van der Waals surface area contributed by atoms with E-state index in [1.807, 2.05) is 34.7 Å². The van der Waals surface area contributed by atoms with Crippen molar-refractivity contribution < 1.29 is 4.79 Å². The van der Waals surface area contributed by atoms with Gasteiger partial charge in [-0.1, -0.05) is 32.6 Å². The van der Waals surface area contributed by atoms with Crippen LogP contribution in [-0.4, -0.2) is 33.3 Å². The second-order valence-corrected chi connectivity index (χ2v) is 7.36. The summed E-state index contributed by atoms with van der Waals surface area (Å²) < 4.78 is 2.90. The first-order valence-corrected chi connectivity index (χ1v) is 9.34. The number of fused-ring (bicyclic) bond motifs is 1. The van der Waals surface area contributed by atoms with Gasteiger partial charge in [0.15, 0.2) is 0 Å². The molecule has 0 aliphatic heterocycles. The van der Waals surface area contributed by atoms with E-state index < -0.39 is 0 Å². The van der Waals surface area contributed by atoms with Crippen LogP contribution >= 0.6 is 15.9 Å². The quantitative estimate of drug-likeness (QED) is 0.788. The smallest absolute Gasteiger partial charge is 0.272 e. The second kappa shape index (κ2) is 7.04. The lowest BCUT2D eigenvalue weighted by Crippen LogP contribution is -2.39. The van der Waals surface area contributed by atoms with E-state index in [9.17, 15) is 4.79 Å². The van der Waals surface area contributed by atoms with Crippen LogP contribution in [0, 0.1) is 0 Å². The largest absolute Gasteiger partial charge is 0.337 e. The summed E-state index contributed by atoms with van der Waals surface area (Å²) in [5, 5.41) is 0. The van der Waals surface area contributed by atoms with Gasteiger partial charge in [0.1, 0.15) is 11.3 Å². The Balaban J connectivity index is 2.00. The first-order valence-electron chi connectivity index (χ1n) is 8.55. The van der Waals surface area contributed by atoms with Gasteiger partial charge >= 0.3 is 0 Å². The van der Waals surface area contributed by atoms with Crippen LogP contribution in [0.15, 0.2) is 22.8 Å². The molecule has 0 radical (unpaired) electrons. The summed E-state index contributed by atoms with van der Waals surface area (Å²) >= 11 is 3.50. The van der Waals surface area contributed by atoms with E-state index in [-0.39, 0.29) is 5.91 Å². The molecule has 1 aliphatic rings. The van der Waals surface area contributed by atoms with Crippen molar-refractivity contribution in [3.63, 3.8) is 0 Å². The number of amides is 1. The van der Waals surface area contributed by atoms with Crippen molar-refractivity contribution in [3.8, 4) is 0 Å². The SMILES string of the molecule is CCCc1nc2ccc(Br)cn2c1C(=O)N(C)C1CCCCC1. The fourth-order valence-electron chi connectivity index (χ4n) is 3.51. The minimum absolute atomic E-state index is 0.103. The molecule has 0 N–H and O–H groups in total. The molecule has 0 unspecified atom stereocenters. The molecule has 2 aromatic rings. The van der Waals surface area contributed by atoms with E-state index in [1.165, 1.54) is 19.3 Å². The normalized spacial score (nSPS) is 16.0. The fraction of sp³-hybridized carbons (Fsp3) is 0.556. The van der Waals surface area contributed by atoms with Crippen LogP contribution in [-0.2, 0) is 6.42 Å². The molecule has 1 aliphatic carbocycles. The van der Waals surface area contributed by atoms with Crippen LogP contribution in [0.5, 0.6) is 0 Å². The van der Waals surface area contributed by atoms with Crippen molar-refractivity contribution in [2.45, 2.75) is 57.9 Å². The number of pyridine rings is 1. The van der Waals surface area contributed by atoms with Gasteiger partial charge in [0, 0.05) is 23.8 Å². The third-order valence-corrected chi connectivity index (χ3v) is 5.26. The summed E-state index contributed by atoms with van der Waals surface area (Å²) in [4.78, 5) is 19.8. The highest BCUT2D eigenvalue weighted by atomic mass is 79.9. The Kier molecular flexibility index (Phi) is 5.05. The van der Waals surface area contributed by atoms with Crippen molar-refractivity contribution in [1.82, 2.24) is 14.3 Å². The molecule has 5 heteroatoms. The Labute approximate surface area is 146 Å². The topological polar surface area (TPSA) is 37.6 Å². The van der Waals surface area contributed by atoms with Gasteiger partial charge in [0.25, 0.3) is 5.91 Å². The zero-order valence-electron chi connectivity index (χ0n) is 13.9. The second-order valence-electron chi connectivity index (χ2n) is 6.44. The van der Waals surface area contributed by atoms with Crippen LogP contribution in [0.2, 0.25) is 0 Å². The summed E-state index contributed by atoms with van der Waals surface area (Å²) in [7, 11) is 1.95. The Morgan fingerprint density at radius 3 is 2.78 bits per heavy atom. The van der Waals surface area contributed by atoms with Gasteiger partial charge in [-0.3, -0.25) is 9.20 Å². The molecule has 0 spiro atoms. The van der Waals surface area contributed by atoms with Gasteiger partial charge < -0.3 is 4.90 Å². The van der Waals surface area contributed by atoms with Gasteiger partial charge in [-0.25, -0.2) is 4.98 Å². The number of carbonyl (C=O) groups excluding carboxylic acids is 1. The predicted molar refractivity (Wildman–Crippen MR) is 95.9 cm³/mol. The molecule has 3 rings (SSSR count). The van der Waals surface area contributed by atoms with Gasteiger partial charge in [-0.2, -0.15) is 0 Å². The molecule has 0 bridgehead atoms. The molecule has 0 aromatic carbocycles. The number of carbonyl (C=O) groups is 1. The van der Waals surface area contributed by atoms with Crippen molar-refractivity contribution in [2.24, 2.45) is 0 Å². The van der Waals surface area contributed by atoms with Crippen LogP contribution < -0.4 is 0 Å². The molecular formula is C18H24BrN3O. The van der Waals surface area contributed by atoms with Crippen molar-refractivity contribution in [2.75, 3.05) is 7.05 Å². The van der Waals surface area contributed by atoms with E-state index >= 15 is 0 Å². The van der Waals surface area contributed by atoms with Crippen LogP contribution in [0.1, 0.15) is 61.6 Å². The van der Waals surface area contributed by atoms with Crippen LogP contribution in [0.4, 0.5) is 0 Å². The first kappa shape index (κ1) is 16.5. The number of hydrogen-bond donors (Lipinski definition) is 0. The summed E-state index contributed by atoms with van der Waals surface area (Å²) in [5.74, 6) is 0.103. The summed E-state index contributed by atoms with van der Waals surface area (Å²) in [6, 6.07) is 4.29. The number of imidazole rings is 1. The minimum Gasteiger partial charge on any atom is -0.337 e. The zero-order valence-corrected chi connectivity index (χ0v) is 15.5. The number of aromatic nitrogens is 2. The molecule has 124 valence electrons. The van der Waals surface area contributed by atoms with Gasteiger partial charge in [-0.05, 0) is 47.3 Å². The maximum atomic E-state index is 13.2. The Morgan fingerprint density at radius 1 is 1.35 bits per heavy atom. The highest BCUT2D eigenvalue weighted by Gasteiger charge is 2.27.